The molecule has 0 aromatic heterocycles. The predicted molar refractivity (Wildman–Crippen MR) is 68.5 cm³/mol. The van der Waals surface area contributed by atoms with Crippen LogP contribution in [0.1, 0.15) is 5.56 Å². The van der Waals surface area contributed by atoms with Gasteiger partial charge in [-0.25, -0.2) is 4.39 Å². The maximum atomic E-state index is 13.1. The zero-order valence-corrected chi connectivity index (χ0v) is 10.3. The summed E-state index contributed by atoms with van der Waals surface area (Å²) in [6, 6.07) is 9.67. The summed E-state index contributed by atoms with van der Waals surface area (Å²) >= 11 is 0. The smallest absolute Gasteiger partial charge is 0.387 e. The van der Waals surface area contributed by atoms with E-state index in [-0.39, 0.29) is 18.0 Å². The number of halogens is 3. The molecule has 0 radical (unpaired) electrons. The molecule has 0 atom stereocenters. The number of nitrogens with one attached hydrogen (secondary N) is 1. The van der Waals surface area contributed by atoms with Crippen LogP contribution in [0.5, 0.6) is 11.5 Å². The standard InChI is InChI=1S/C14H12F3NO2/c15-10-5-6-12(19)9(7-10)8-18-11-3-1-2-4-13(11)20-14(16)17/h1-7,14,18-19H,8H2. The van der Waals surface area contributed by atoms with Crippen molar-refractivity contribution in [2.24, 2.45) is 0 Å². The molecule has 2 N–H and O–H groups in total. The molecule has 0 aliphatic rings. The van der Waals surface area contributed by atoms with Gasteiger partial charge in [0.1, 0.15) is 17.3 Å². The molecule has 0 fully saturated rings. The summed E-state index contributed by atoms with van der Waals surface area (Å²) in [5.74, 6) is -0.582. The Balaban J connectivity index is 2.12. The number of phenols is 1. The van der Waals surface area contributed by atoms with Crippen LogP contribution in [0.3, 0.4) is 0 Å². The fourth-order valence-corrected chi connectivity index (χ4v) is 1.70. The summed E-state index contributed by atoms with van der Waals surface area (Å²) < 4.78 is 41.9. The average Bonchev–Trinajstić information content (AvgIpc) is 2.41. The number of benzene rings is 2. The summed E-state index contributed by atoms with van der Waals surface area (Å²) in [7, 11) is 0. The van der Waals surface area contributed by atoms with Crippen molar-refractivity contribution in [1.82, 2.24) is 0 Å². The molecular weight excluding hydrogens is 271 g/mol. The summed E-state index contributed by atoms with van der Waals surface area (Å²) in [5.41, 5.74) is 0.647. The minimum absolute atomic E-state index is 0.0154. The Bertz CT molecular complexity index is 590. The summed E-state index contributed by atoms with van der Waals surface area (Å²) in [5, 5.41) is 12.4. The van der Waals surface area contributed by atoms with Crippen LogP contribution < -0.4 is 10.1 Å². The van der Waals surface area contributed by atoms with E-state index in [0.29, 0.717) is 11.3 Å². The van der Waals surface area contributed by atoms with Gasteiger partial charge in [0.05, 0.1) is 5.69 Å². The zero-order chi connectivity index (χ0) is 14.5. The monoisotopic (exact) mass is 283 g/mol. The second-order valence-corrected chi connectivity index (χ2v) is 4.00. The highest BCUT2D eigenvalue weighted by Gasteiger charge is 2.09. The SMILES string of the molecule is Oc1ccc(F)cc1CNc1ccccc1OC(F)F. The Kier molecular flexibility index (Phi) is 4.34. The van der Waals surface area contributed by atoms with Crippen LogP contribution >= 0.6 is 0 Å². The van der Waals surface area contributed by atoms with Crippen molar-refractivity contribution >= 4 is 5.69 Å². The summed E-state index contributed by atoms with van der Waals surface area (Å²) in [6.07, 6.45) is 0. The number of phenolic OH excluding ortho intramolecular Hbond substituents is 1. The Labute approximate surface area is 113 Å². The molecule has 20 heavy (non-hydrogen) atoms. The first-order valence-corrected chi connectivity index (χ1v) is 5.81. The van der Waals surface area contributed by atoms with E-state index in [1.54, 1.807) is 18.2 Å². The third-order valence-corrected chi connectivity index (χ3v) is 2.61. The van der Waals surface area contributed by atoms with Gasteiger partial charge in [0.2, 0.25) is 0 Å². The maximum absolute atomic E-state index is 13.1. The number of rotatable bonds is 5. The molecule has 6 heteroatoms. The van der Waals surface area contributed by atoms with Crippen molar-refractivity contribution in [3.63, 3.8) is 0 Å². The van der Waals surface area contributed by atoms with Crippen molar-refractivity contribution in [1.29, 1.82) is 0 Å². The number of ether oxygens (including phenoxy) is 1. The molecule has 2 rings (SSSR count). The van der Waals surface area contributed by atoms with Crippen molar-refractivity contribution in [2.75, 3.05) is 5.32 Å². The number of aromatic hydroxyl groups is 1. The van der Waals surface area contributed by atoms with Crippen LogP contribution in [-0.4, -0.2) is 11.7 Å². The molecule has 0 amide bonds. The van der Waals surface area contributed by atoms with Gasteiger partial charge in [-0.3, -0.25) is 0 Å². The lowest BCUT2D eigenvalue weighted by atomic mass is 10.2. The van der Waals surface area contributed by atoms with E-state index >= 15 is 0 Å². The van der Waals surface area contributed by atoms with E-state index in [9.17, 15) is 18.3 Å². The first-order valence-electron chi connectivity index (χ1n) is 5.81. The van der Waals surface area contributed by atoms with Gasteiger partial charge < -0.3 is 15.2 Å². The van der Waals surface area contributed by atoms with Crippen molar-refractivity contribution < 1.29 is 23.0 Å². The Morgan fingerprint density at radius 3 is 2.65 bits per heavy atom. The van der Waals surface area contributed by atoms with E-state index < -0.39 is 12.4 Å². The van der Waals surface area contributed by atoms with Crippen molar-refractivity contribution in [3.8, 4) is 11.5 Å². The number of alkyl halides is 2. The quantitative estimate of drug-likeness (QED) is 0.878. The van der Waals surface area contributed by atoms with Gasteiger partial charge in [-0.15, -0.1) is 0 Å². The van der Waals surface area contributed by atoms with E-state index in [2.05, 4.69) is 10.1 Å². The van der Waals surface area contributed by atoms with E-state index in [0.717, 1.165) is 6.07 Å². The number of hydrogen-bond acceptors (Lipinski definition) is 3. The van der Waals surface area contributed by atoms with Gasteiger partial charge in [-0.1, -0.05) is 12.1 Å². The molecular formula is C14H12F3NO2. The maximum Gasteiger partial charge on any atom is 0.387 e. The lowest BCUT2D eigenvalue weighted by Crippen LogP contribution is -2.06. The lowest BCUT2D eigenvalue weighted by molar-refractivity contribution is -0.0493. The van der Waals surface area contributed by atoms with Gasteiger partial charge in [-0.2, -0.15) is 8.78 Å². The second-order valence-electron chi connectivity index (χ2n) is 4.00. The molecule has 0 saturated heterocycles. The fourth-order valence-electron chi connectivity index (χ4n) is 1.70. The van der Waals surface area contributed by atoms with Crippen LogP contribution in [0.25, 0.3) is 0 Å². The minimum Gasteiger partial charge on any atom is -0.508 e. The van der Waals surface area contributed by atoms with Gasteiger partial charge in [0, 0.05) is 12.1 Å². The largest absolute Gasteiger partial charge is 0.508 e. The first kappa shape index (κ1) is 14.0. The van der Waals surface area contributed by atoms with Crippen LogP contribution in [0.15, 0.2) is 42.5 Å². The molecule has 2 aromatic carbocycles. The van der Waals surface area contributed by atoms with Gasteiger partial charge in [0.15, 0.2) is 0 Å². The third-order valence-electron chi connectivity index (χ3n) is 2.61. The van der Waals surface area contributed by atoms with Crippen LogP contribution in [0, 0.1) is 5.82 Å². The van der Waals surface area contributed by atoms with Gasteiger partial charge >= 0.3 is 6.61 Å². The highest BCUT2D eigenvalue weighted by molar-refractivity contribution is 5.56. The number of anilines is 1. The highest BCUT2D eigenvalue weighted by atomic mass is 19.3. The molecule has 0 unspecified atom stereocenters. The summed E-state index contributed by atoms with van der Waals surface area (Å²) in [6.45, 7) is -2.85. The Morgan fingerprint density at radius 2 is 1.90 bits per heavy atom. The van der Waals surface area contributed by atoms with Crippen molar-refractivity contribution in [2.45, 2.75) is 13.2 Å². The first-order chi connectivity index (χ1) is 9.56. The molecule has 0 spiro atoms. The van der Waals surface area contributed by atoms with Gasteiger partial charge in [0.25, 0.3) is 0 Å². The lowest BCUT2D eigenvalue weighted by Gasteiger charge is -2.13. The Morgan fingerprint density at radius 1 is 1.15 bits per heavy atom. The van der Waals surface area contributed by atoms with Crippen molar-refractivity contribution in [3.05, 3.63) is 53.8 Å². The van der Waals surface area contributed by atoms with E-state index in [1.165, 1.54) is 18.2 Å². The van der Waals surface area contributed by atoms with Crippen LogP contribution in [-0.2, 0) is 6.54 Å². The molecule has 0 aliphatic heterocycles. The number of para-hydroxylation sites is 2. The topological polar surface area (TPSA) is 41.5 Å². The van der Waals surface area contributed by atoms with E-state index in [4.69, 9.17) is 0 Å². The molecule has 106 valence electrons. The molecule has 0 bridgehead atoms. The second kappa shape index (κ2) is 6.18. The normalized spacial score (nSPS) is 10.6. The van der Waals surface area contributed by atoms with Gasteiger partial charge in [-0.05, 0) is 30.3 Å². The number of hydrogen-bond donors (Lipinski definition) is 2. The minimum atomic E-state index is -2.93. The van der Waals surface area contributed by atoms with Crippen LogP contribution in [0.2, 0.25) is 0 Å². The summed E-state index contributed by atoms with van der Waals surface area (Å²) in [4.78, 5) is 0. The molecule has 2 aromatic rings. The molecule has 0 saturated carbocycles. The predicted octanol–water partition coefficient (Wildman–Crippen LogP) is 3.74. The van der Waals surface area contributed by atoms with E-state index in [1.807, 2.05) is 0 Å². The average molecular weight is 283 g/mol. The Hall–Kier alpha value is -2.37. The molecule has 0 aliphatic carbocycles. The zero-order valence-electron chi connectivity index (χ0n) is 10.3. The van der Waals surface area contributed by atoms with Crippen LogP contribution in [0.4, 0.5) is 18.9 Å². The molecule has 0 heterocycles. The fraction of sp³-hybridized carbons (Fsp3) is 0.143. The highest BCUT2D eigenvalue weighted by Crippen LogP contribution is 2.27. The molecule has 3 nitrogen and oxygen atoms in total. The third kappa shape index (κ3) is 3.57.